The second kappa shape index (κ2) is 7.74. The molecule has 5 rings (SSSR count). The van der Waals surface area contributed by atoms with Gasteiger partial charge in [-0.25, -0.2) is 9.50 Å². The summed E-state index contributed by atoms with van der Waals surface area (Å²) in [5.41, 5.74) is 3.39. The average molecular weight is 414 g/mol. The third-order valence-corrected chi connectivity index (χ3v) is 6.24. The molecule has 2 aliphatic rings. The van der Waals surface area contributed by atoms with Gasteiger partial charge in [0.2, 0.25) is 0 Å². The van der Waals surface area contributed by atoms with Crippen molar-refractivity contribution in [1.82, 2.24) is 25.2 Å². The second-order valence-electron chi connectivity index (χ2n) is 7.55. The van der Waals surface area contributed by atoms with Crippen molar-refractivity contribution >= 4 is 24.0 Å². The third-order valence-electron chi connectivity index (χ3n) is 6.24. The molecular formula is C21H24ClN5O2. The predicted molar refractivity (Wildman–Crippen MR) is 111 cm³/mol. The van der Waals surface area contributed by atoms with Gasteiger partial charge in [0.25, 0.3) is 5.91 Å². The highest BCUT2D eigenvalue weighted by atomic mass is 35.5. The zero-order chi connectivity index (χ0) is 19.1. The van der Waals surface area contributed by atoms with E-state index in [1.807, 2.05) is 6.07 Å². The van der Waals surface area contributed by atoms with Gasteiger partial charge in [0.05, 0.1) is 18.3 Å². The summed E-state index contributed by atoms with van der Waals surface area (Å²) in [6.45, 7) is 1.90. The van der Waals surface area contributed by atoms with Crippen LogP contribution < -0.4 is 10.6 Å². The van der Waals surface area contributed by atoms with E-state index >= 15 is 0 Å². The molecular weight excluding hydrogens is 390 g/mol. The van der Waals surface area contributed by atoms with Crippen LogP contribution in [0.4, 0.5) is 0 Å². The topological polar surface area (TPSA) is 80.5 Å². The van der Waals surface area contributed by atoms with Crippen molar-refractivity contribution in [2.45, 2.75) is 30.4 Å². The minimum Gasteiger partial charge on any atom is -0.378 e. The minimum absolute atomic E-state index is 0. The van der Waals surface area contributed by atoms with Gasteiger partial charge in [-0.3, -0.25) is 4.79 Å². The van der Waals surface area contributed by atoms with Crippen molar-refractivity contribution in [2.24, 2.45) is 0 Å². The van der Waals surface area contributed by atoms with Crippen LogP contribution in [-0.4, -0.2) is 46.8 Å². The van der Waals surface area contributed by atoms with Gasteiger partial charge in [0.1, 0.15) is 5.56 Å². The van der Waals surface area contributed by atoms with E-state index in [1.54, 1.807) is 36.3 Å². The Morgan fingerprint density at radius 2 is 2.07 bits per heavy atom. The maximum absolute atomic E-state index is 13.1. The lowest BCUT2D eigenvalue weighted by atomic mass is 9.72. The number of benzene rings is 1. The van der Waals surface area contributed by atoms with Crippen LogP contribution in [0.5, 0.6) is 0 Å². The fourth-order valence-corrected chi connectivity index (χ4v) is 5.01. The van der Waals surface area contributed by atoms with Gasteiger partial charge in [0, 0.05) is 24.9 Å². The molecule has 1 fully saturated rings. The van der Waals surface area contributed by atoms with E-state index in [2.05, 4.69) is 38.9 Å². The Morgan fingerprint density at radius 3 is 2.86 bits per heavy atom. The highest BCUT2D eigenvalue weighted by Gasteiger charge is 2.53. The molecule has 29 heavy (non-hydrogen) atoms. The first-order valence-corrected chi connectivity index (χ1v) is 9.67. The van der Waals surface area contributed by atoms with Crippen molar-refractivity contribution in [2.75, 3.05) is 20.2 Å². The number of halogens is 1. The Labute approximate surface area is 175 Å². The first-order valence-electron chi connectivity index (χ1n) is 9.67. The van der Waals surface area contributed by atoms with Crippen molar-refractivity contribution in [3.63, 3.8) is 0 Å². The van der Waals surface area contributed by atoms with E-state index in [9.17, 15) is 4.79 Å². The van der Waals surface area contributed by atoms with Crippen molar-refractivity contribution < 1.29 is 9.53 Å². The molecule has 0 radical (unpaired) electrons. The SMILES string of the molecule is CO[C@H]1[C@H](NC(=O)c2cnn3cccnc23)c2ccccc2C12CCNCC2.Cl. The van der Waals surface area contributed by atoms with Gasteiger partial charge in [0.15, 0.2) is 5.65 Å². The predicted octanol–water partition coefficient (Wildman–Crippen LogP) is 2.27. The second-order valence-corrected chi connectivity index (χ2v) is 7.55. The standard InChI is InChI=1S/C21H23N5O2.ClH/c1-28-18-17(25-20(27)15-13-24-26-12-4-9-23-19(15)26)14-5-2-3-6-16(14)21(18)7-10-22-11-8-21;/h2-6,9,12-13,17-18,22H,7-8,10-11H2,1H3,(H,25,27);1H/t17-,18+;/m1./s1. The lowest BCUT2D eigenvalue weighted by Gasteiger charge is -2.40. The number of carbonyl (C=O) groups excluding carboxylic acids is 1. The van der Waals surface area contributed by atoms with E-state index < -0.39 is 0 Å². The molecule has 0 saturated carbocycles. The van der Waals surface area contributed by atoms with Crippen molar-refractivity contribution in [3.05, 3.63) is 65.6 Å². The van der Waals surface area contributed by atoms with Crippen LogP contribution in [0.25, 0.3) is 5.65 Å². The van der Waals surface area contributed by atoms with Crippen LogP contribution in [0.1, 0.15) is 40.4 Å². The van der Waals surface area contributed by atoms with Gasteiger partial charge in [-0.05, 0) is 43.1 Å². The number of carbonyl (C=O) groups is 1. The molecule has 1 aliphatic heterocycles. The summed E-state index contributed by atoms with van der Waals surface area (Å²) in [6, 6.07) is 9.99. The van der Waals surface area contributed by atoms with Gasteiger partial charge < -0.3 is 15.4 Å². The molecule has 3 aromatic rings. The van der Waals surface area contributed by atoms with Gasteiger partial charge in [-0.2, -0.15) is 5.10 Å². The first-order chi connectivity index (χ1) is 13.7. The van der Waals surface area contributed by atoms with Crippen LogP contribution in [0.2, 0.25) is 0 Å². The number of amides is 1. The highest BCUT2D eigenvalue weighted by Crippen LogP contribution is 2.51. The quantitative estimate of drug-likeness (QED) is 0.688. The van der Waals surface area contributed by atoms with Crippen molar-refractivity contribution in [3.8, 4) is 0 Å². The highest BCUT2D eigenvalue weighted by molar-refractivity contribution is 5.99. The number of nitrogens with zero attached hydrogens (tertiary/aromatic N) is 3. The lowest BCUT2D eigenvalue weighted by molar-refractivity contribution is 0.00398. The normalized spacial score (nSPS) is 22.2. The number of rotatable bonds is 3. The summed E-state index contributed by atoms with van der Waals surface area (Å²) in [7, 11) is 1.75. The van der Waals surface area contributed by atoms with Crippen molar-refractivity contribution in [1.29, 1.82) is 0 Å². The summed E-state index contributed by atoms with van der Waals surface area (Å²) < 4.78 is 7.64. The molecule has 2 aromatic heterocycles. The number of ether oxygens (including phenoxy) is 1. The molecule has 3 heterocycles. The molecule has 152 valence electrons. The Balaban J connectivity index is 0.00000205. The maximum atomic E-state index is 13.1. The number of aromatic nitrogens is 3. The molecule has 1 amide bonds. The smallest absolute Gasteiger partial charge is 0.257 e. The zero-order valence-corrected chi connectivity index (χ0v) is 17.0. The lowest BCUT2D eigenvalue weighted by Crippen LogP contribution is -2.49. The van der Waals surface area contributed by atoms with Crippen LogP contribution in [-0.2, 0) is 10.2 Å². The van der Waals surface area contributed by atoms with E-state index in [4.69, 9.17) is 4.74 Å². The Morgan fingerprint density at radius 1 is 1.28 bits per heavy atom. The Hall–Kier alpha value is -2.48. The summed E-state index contributed by atoms with van der Waals surface area (Å²) in [4.78, 5) is 17.4. The number of hydrogen-bond donors (Lipinski definition) is 2. The Kier molecular flexibility index (Phi) is 5.29. The minimum atomic E-state index is -0.203. The monoisotopic (exact) mass is 413 g/mol. The summed E-state index contributed by atoms with van der Waals surface area (Å²) in [5.74, 6) is -0.179. The number of hydrogen-bond acceptors (Lipinski definition) is 5. The molecule has 8 heteroatoms. The van der Waals surface area contributed by atoms with Crippen LogP contribution in [0, 0.1) is 0 Å². The average Bonchev–Trinajstić information content (AvgIpc) is 3.27. The van der Waals surface area contributed by atoms with Crippen LogP contribution in [0.3, 0.4) is 0 Å². The number of fused-ring (bicyclic) bond motifs is 3. The van der Waals surface area contributed by atoms with Gasteiger partial charge >= 0.3 is 0 Å². The fourth-order valence-electron chi connectivity index (χ4n) is 5.01. The fraction of sp³-hybridized carbons (Fsp3) is 0.381. The molecule has 1 aromatic carbocycles. The first kappa shape index (κ1) is 19.8. The summed E-state index contributed by atoms with van der Waals surface area (Å²) >= 11 is 0. The molecule has 7 nitrogen and oxygen atoms in total. The summed E-state index contributed by atoms with van der Waals surface area (Å²) in [5, 5.41) is 10.9. The largest absolute Gasteiger partial charge is 0.378 e. The molecule has 2 atom stereocenters. The number of methoxy groups -OCH3 is 1. The van der Waals surface area contributed by atoms with Gasteiger partial charge in [-0.15, -0.1) is 12.4 Å². The number of piperidine rings is 1. The Bertz CT molecular complexity index is 1030. The van der Waals surface area contributed by atoms with E-state index in [0.717, 1.165) is 31.5 Å². The molecule has 0 unspecified atom stereocenters. The van der Waals surface area contributed by atoms with Crippen LogP contribution >= 0.6 is 12.4 Å². The molecule has 2 N–H and O–H groups in total. The molecule has 1 aliphatic carbocycles. The van der Waals surface area contributed by atoms with Gasteiger partial charge in [-0.1, -0.05) is 24.3 Å². The molecule has 1 saturated heterocycles. The molecule has 0 bridgehead atoms. The van der Waals surface area contributed by atoms with E-state index in [1.165, 1.54) is 5.56 Å². The number of nitrogens with one attached hydrogen (secondary N) is 2. The third kappa shape index (κ3) is 3.01. The summed E-state index contributed by atoms with van der Waals surface area (Å²) in [6.07, 6.45) is 6.90. The van der Waals surface area contributed by atoms with E-state index in [-0.39, 0.29) is 35.9 Å². The van der Waals surface area contributed by atoms with Crippen LogP contribution in [0.15, 0.2) is 48.9 Å². The zero-order valence-electron chi connectivity index (χ0n) is 16.2. The van der Waals surface area contributed by atoms with E-state index in [0.29, 0.717) is 11.2 Å². The molecule has 1 spiro atoms. The maximum Gasteiger partial charge on any atom is 0.257 e.